The second-order valence-electron chi connectivity index (χ2n) is 5.77. The Morgan fingerprint density at radius 3 is 1.69 bits per heavy atom. The van der Waals surface area contributed by atoms with Gasteiger partial charge in [-0.1, -0.05) is 0 Å². The molecule has 26 heavy (non-hydrogen) atoms. The number of nitrogens with zero attached hydrogens (tertiary/aromatic N) is 1. The highest BCUT2D eigenvalue weighted by Crippen LogP contribution is 2.15. The second-order valence-corrected chi connectivity index (χ2v) is 5.77. The van der Waals surface area contributed by atoms with Crippen LogP contribution < -0.4 is 10.6 Å². The summed E-state index contributed by atoms with van der Waals surface area (Å²) in [5.41, 5.74) is 2.30. The van der Waals surface area contributed by atoms with E-state index in [1.54, 1.807) is 53.4 Å². The smallest absolute Gasteiger partial charge is 0.255 e. The van der Waals surface area contributed by atoms with Crippen LogP contribution in [0.3, 0.4) is 0 Å². The number of nitrogens with one attached hydrogen (secondary N) is 2. The first-order chi connectivity index (χ1) is 12.4. The van der Waals surface area contributed by atoms with E-state index in [1.807, 2.05) is 13.8 Å². The monoisotopic (exact) mass is 353 g/mol. The summed E-state index contributed by atoms with van der Waals surface area (Å²) in [5, 5.41) is 5.44. The molecule has 0 atom stereocenters. The molecule has 0 bridgehead atoms. The quantitative estimate of drug-likeness (QED) is 0.836. The minimum Gasteiger partial charge on any atom is -0.339 e. The fourth-order valence-corrected chi connectivity index (χ4v) is 2.50. The summed E-state index contributed by atoms with van der Waals surface area (Å²) in [4.78, 5) is 37.3. The maximum absolute atomic E-state index is 12.3. The summed E-state index contributed by atoms with van der Waals surface area (Å²) in [5.74, 6) is -0.454. The van der Waals surface area contributed by atoms with E-state index in [-0.39, 0.29) is 17.7 Å². The van der Waals surface area contributed by atoms with Crippen LogP contribution >= 0.6 is 0 Å². The van der Waals surface area contributed by atoms with Crippen molar-refractivity contribution in [2.75, 3.05) is 23.7 Å². The van der Waals surface area contributed by atoms with Crippen molar-refractivity contribution in [1.82, 2.24) is 4.90 Å². The molecular weight excluding hydrogens is 330 g/mol. The van der Waals surface area contributed by atoms with Gasteiger partial charge in [0.2, 0.25) is 5.91 Å². The minimum atomic E-state index is -0.262. The fraction of sp³-hybridized carbons (Fsp3) is 0.250. The molecule has 6 heteroatoms. The van der Waals surface area contributed by atoms with E-state index in [2.05, 4.69) is 10.6 Å². The van der Waals surface area contributed by atoms with Crippen molar-refractivity contribution in [3.05, 3.63) is 59.7 Å². The Hall–Kier alpha value is -3.15. The Kier molecular flexibility index (Phi) is 6.49. The highest BCUT2D eigenvalue weighted by molar-refractivity contribution is 6.05. The number of hydrogen-bond donors (Lipinski definition) is 2. The molecule has 0 radical (unpaired) electrons. The molecular formula is C20H23N3O3. The van der Waals surface area contributed by atoms with Gasteiger partial charge < -0.3 is 15.5 Å². The van der Waals surface area contributed by atoms with E-state index in [0.29, 0.717) is 35.6 Å². The number of amides is 3. The van der Waals surface area contributed by atoms with Gasteiger partial charge >= 0.3 is 0 Å². The molecule has 0 heterocycles. The van der Waals surface area contributed by atoms with Crippen LogP contribution in [0.1, 0.15) is 41.5 Å². The van der Waals surface area contributed by atoms with E-state index in [9.17, 15) is 14.4 Å². The predicted molar refractivity (Wildman–Crippen MR) is 102 cm³/mol. The Balaban J connectivity index is 2.03. The van der Waals surface area contributed by atoms with Crippen molar-refractivity contribution in [3.63, 3.8) is 0 Å². The predicted octanol–water partition coefficient (Wildman–Crippen LogP) is 3.38. The normalized spacial score (nSPS) is 10.1. The largest absolute Gasteiger partial charge is 0.339 e. The number of benzene rings is 2. The van der Waals surface area contributed by atoms with Gasteiger partial charge in [0.05, 0.1) is 0 Å². The summed E-state index contributed by atoms with van der Waals surface area (Å²) in [6.45, 7) is 6.61. The molecule has 2 rings (SSSR count). The topological polar surface area (TPSA) is 78.5 Å². The van der Waals surface area contributed by atoms with Gasteiger partial charge in [-0.3, -0.25) is 14.4 Å². The van der Waals surface area contributed by atoms with Crippen molar-refractivity contribution < 1.29 is 14.4 Å². The van der Waals surface area contributed by atoms with E-state index >= 15 is 0 Å². The van der Waals surface area contributed by atoms with E-state index in [1.165, 1.54) is 6.92 Å². The number of anilines is 2. The maximum Gasteiger partial charge on any atom is 0.255 e. The van der Waals surface area contributed by atoms with Crippen LogP contribution in [-0.2, 0) is 4.79 Å². The molecule has 0 saturated heterocycles. The molecule has 0 spiro atoms. The van der Waals surface area contributed by atoms with Crippen LogP contribution in [0, 0.1) is 0 Å². The van der Waals surface area contributed by atoms with Crippen molar-refractivity contribution in [1.29, 1.82) is 0 Å². The molecule has 2 aromatic rings. The third-order valence-electron chi connectivity index (χ3n) is 3.91. The third-order valence-corrected chi connectivity index (χ3v) is 3.91. The van der Waals surface area contributed by atoms with Gasteiger partial charge in [0, 0.05) is 42.5 Å². The number of carbonyl (C=O) groups excluding carboxylic acids is 3. The highest BCUT2D eigenvalue weighted by Gasteiger charge is 2.12. The van der Waals surface area contributed by atoms with Crippen LogP contribution in [0.4, 0.5) is 11.4 Å². The lowest BCUT2D eigenvalue weighted by Crippen LogP contribution is -2.30. The molecule has 3 amide bonds. The number of hydrogen-bond acceptors (Lipinski definition) is 3. The lowest BCUT2D eigenvalue weighted by Gasteiger charge is -2.18. The summed E-state index contributed by atoms with van der Waals surface area (Å²) < 4.78 is 0. The molecule has 6 nitrogen and oxygen atoms in total. The Morgan fingerprint density at radius 1 is 0.769 bits per heavy atom. The molecule has 2 N–H and O–H groups in total. The van der Waals surface area contributed by atoms with Gasteiger partial charge in [0.1, 0.15) is 0 Å². The van der Waals surface area contributed by atoms with Crippen LogP contribution in [0.25, 0.3) is 0 Å². The first-order valence-corrected chi connectivity index (χ1v) is 8.53. The summed E-state index contributed by atoms with van der Waals surface area (Å²) >= 11 is 0. The third kappa shape index (κ3) is 4.92. The van der Waals surface area contributed by atoms with Crippen molar-refractivity contribution in [2.45, 2.75) is 20.8 Å². The van der Waals surface area contributed by atoms with Crippen molar-refractivity contribution in [2.24, 2.45) is 0 Å². The van der Waals surface area contributed by atoms with Crippen LogP contribution in [0.5, 0.6) is 0 Å². The van der Waals surface area contributed by atoms with E-state index in [0.717, 1.165) is 0 Å². The summed E-state index contributed by atoms with van der Waals surface area (Å²) in [7, 11) is 0. The lowest BCUT2D eigenvalue weighted by atomic mass is 10.1. The van der Waals surface area contributed by atoms with Gasteiger partial charge in [-0.15, -0.1) is 0 Å². The van der Waals surface area contributed by atoms with Gasteiger partial charge in [-0.05, 0) is 62.4 Å². The number of carbonyl (C=O) groups is 3. The van der Waals surface area contributed by atoms with Crippen LogP contribution in [0.2, 0.25) is 0 Å². The molecule has 0 saturated carbocycles. The average molecular weight is 353 g/mol. The highest BCUT2D eigenvalue weighted by atomic mass is 16.2. The molecule has 136 valence electrons. The first-order valence-electron chi connectivity index (χ1n) is 8.53. The SMILES string of the molecule is CCN(CC)C(=O)c1ccc(NC(=O)c2ccc(NC(C)=O)cc2)cc1. The Bertz CT molecular complexity index is 779. The van der Waals surface area contributed by atoms with Crippen molar-refractivity contribution in [3.8, 4) is 0 Å². The standard InChI is InChI=1S/C20H23N3O3/c1-4-23(5-2)20(26)16-8-12-18(13-9-16)22-19(25)15-6-10-17(11-7-15)21-14(3)24/h6-13H,4-5H2,1-3H3,(H,21,24)(H,22,25). The maximum atomic E-state index is 12.3. The molecule has 0 fully saturated rings. The molecule has 2 aromatic carbocycles. The fourth-order valence-electron chi connectivity index (χ4n) is 2.50. The number of rotatable bonds is 6. The van der Waals surface area contributed by atoms with Gasteiger partial charge in [0.25, 0.3) is 11.8 Å². The Morgan fingerprint density at radius 2 is 1.23 bits per heavy atom. The second kappa shape index (κ2) is 8.80. The van der Waals surface area contributed by atoms with E-state index in [4.69, 9.17) is 0 Å². The zero-order valence-electron chi connectivity index (χ0n) is 15.2. The molecule has 0 aliphatic carbocycles. The zero-order chi connectivity index (χ0) is 19.1. The van der Waals surface area contributed by atoms with Crippen LogP contribution in [-0.4, -0.2) is 35.7 Å². The van der Waals surface area contributed by atoms with Gasteiger partial charge in [0.15, 0.2) is 0 Å². The summed E-state index contributed by atoms with van der Waals surface area (Å²) in [6.07, 6.45) is 0. The first kappa shape index (κ1) is 19.2. The van der Waals surface area contributed by atoms with Crippen molar-refractivity contribution >= 4 is 29.1 Å². The lowest BCUT2D eigenvalue weighted by molar-refractivity contribution is -0.114. The summed E-state index contributed by atoms with van der Waals surface area (Å²) in [6, 6.07) is 13.4. The Labute approximate surface area is 153 Å². The van der Waals surface area contributed by atoms with Gasteiger partial charge in [-0.2, -0.15) is 0 Å². The van der Waals surface area contributed by atoms with E-state index < -0.39 is 0 Å². The van der Waals surface area contributed by atoms with Gasteiger partial charge in [-0.25, -0.2) is 0 Å². The average Bonchev–Trinajstić information content (AvgIpc) is 2.63. The molecule has 0 aliphatic rings. The minimum absolute atomic E-state index is 0.0264. The molecule has 0 aromatic heterocycles. The molecule has 0 aliphatic heterocycles. The zero-order valence-corrected chi connectivity index (χ0v) is 15.2. The van der Waals surface area contributed by atoms with Crippen LogP contribution in [0.15, 0.2) is 48.5 Å². The molecule has 0 unspecified atom stereocenters.